The van der Waals surface area contributed by atoms with Gasteiger partial charge in [-0.2, -0.15) is 0 Å². The van der Waals surface area contributed by atoms with E-state index in [1.54, 1.807) is 0 Å². The Morgan fingerprint density at radius 2 is 1.20 bits per heavy atom. The summed E-state index contributed by atoms with van der Waals surface area (Å²) in [7, 11) is 0. The number of fused-ring (bicyclic) bond motifs is 2. The SMILES string of the molecule is C/C=C/c1sc(C2CCCC(c3sc(C)c4c3OCCO4)CCC2)c2c1OCCO2. The molecule has 0 amide bonds. The number of hydrogen-bond donors (Lipinski definition) is 0. The highest BCUT2D eigenvalue weighted by molar-refractivity contribution is 7.13. The number of allylic oxidation sites excluding steroid dienone is 1. The third kappa shape index (κ3) is 3.73. The molecule has 3 aliphatic rings. The summed E-state index contributed by atoms with van der Waals surface area (Å²) in [6.45, 7) is 6.87. The Morgan fingerprint density at radius 1 is 0.700 bits per heavy atom. The normalized spacial score (nSPS) is 23.9. The minimum atomic E-state index is 0.573. The van der Waals surface area contributed by atoms with E-state index >= 15 is 0 Å². The summed E-state index contributed by atoms with van der Waals surface area (Å²) in [4.78, 5) is 5.29. The Labute approximate surface area is 186 Å². The quantitative estimate of drug-likeness (QED) is 0.513. The third-order valence-corrected chi connectivity index (χ3v) is 8.82. The lowest BCUT2D eigenvalue weighted by molar-refractivity contribution is 0.169. The zero-order valence-electron chi connectivity index (χ0n) is 17.8. The molecule has 1 saturated carbocycles. The molecule has 6 heteroatoms. The van der Waals surface area contributed by atoms with Crippen LogP contribution in [0.4, 0.5) is 0 Å². The first-order valence-corrected chi connectivity index (χ1v) is 12.8. The molecule has 162 valence electrons. The summed E-state index contributed by atoms with van der Waals surface area (Å²) in [5.41, 5.74) is 0. The fourth-order valence-electron chi connectivity index (χ4n) is 4.95. The van der Waals surface area contributed by atoms with Gasteiger partial charge < -0.3 is 18.9 Å². The zero-order valence-corrected chi connectivity index (χ0v) is 19.5. The van der Waals surface area contributed by atoms with Crippen molar-refractivity contribution >= 4 is 28.7 Å². The van der Waals surface area contributed by atoms with Crippen molar-refractivity contribution in [3.05, 3.63) is 25.6 Å². The molecular weight excluding hydrogens is 416 g/mol. The number of rotatable bonds is 3. The summed E-state index contributed by atoms with van der Waals surface area (Å²) >= 11 is 3.76. The van der Waals surface area contributed by atoms with Crippen LogP contribution in [0.5, 0.6) is 23.0 Å². The second kappa shape index (κ2) is 8.83. The molecule has 1 aliphatic carbocycles. The third-order valence-electron chi connectivity index (χ3n) is 6.31. The molecule has 2 aromatic heterocycles. The largest absolute Gasteiger partial charge is 0.485 e. The highest BCUT2D eigenvalue weighted by Gasteiger charge is 2.31. The molecule has 2 aromatic rings. The van der Waals surface area contributed by atoms with Crippen LogP contribution in [0, 0.1) is 6.92 Å². The Bertz CT molecular complexity index is 916. The minimum absolute atomic E-state index is 0.573. The molecule has 4 heterocycles. The van der Waals surface area contributed by atoms with E-state index in [-0.39, 0.29) is 0 Å². The molecule has 0 spiro atoms. The maximum Gasteiger partial charge on any atom is 0.179 e. The Balaban J connectivity index is 1.32. The molecule has 0 unspecified atom stereocenters. The average molecular weight is 447 g/mol. The van der Waals surface area contributed by atoms with Gasteiger partial charge in [0, 0.05) is 4.88 Å². The van der Waals surface area contributed by atoms with E-state index in [0.29, 0.717) is 38.3 Å². The number of thiophene rings is 2. The fourth-order valence-corrected chi connectivity index (χ4v) is 7.50. The summed E-state index contributed by atoms with van der Waals surface area (Å²) in [6, 6.07) is 0. The van der Waals surface area contributed by atoms with Gasteiger partial charge in [0.1, 0.15) is 26.4 Å². The fraction of sp³-hybridized carbons (Fsp3) is 0.583. The van der Waals surface area contributed by atoms with E-state index in [9.17, 15) is 0 Å². The summed E-state index contributed by atoms with van der Waals surface area (Å²) in [5, 5.41) is 0. The van der Waals surface area contributed by atoms with Crippen molar-refractivity contribution in [2.45, 2.75) is 64.2 Å². The van der Waals surface area contributed by atoms with E-state index in [0.717, 1.165) is 23.0 Å². The molecule has 0 N–H and O–H groups in total. The lowest BCUT2D eigenvalue weighted by atomic mass is 9.84. The van der Waals surface area contributed by atoms with Crippen LogP contribution < -0.4 is 18.9 Å². The van der Waals surface area contributed by atoms with Gasteiger partial charge in [-0.1, -0.05) is 18.9 Å². The van der Waals surface area contributed by atoms with E-state index in [1.807, 2.05) is 22.7 Å². The Hall–Kier alpha value is -1.66. The molecule has 0 saturated heterocycles. The monoisotopic (exact) mass is 446 g/mol. The van der Waals surface area contributed by atoms with Crippen LogP contribution in [0.25, 0.3) is 6.08 Å². The molecule has 5 rings (SSSR count). The van der Waals surface area contributed by atoms with Crippen LogP contribution in [0.15, 0.2) is 6.08 Å². The van der Waals surface area contributed by atoms with E-state index in [1.165, 1.54) is 58.0 Å². The van der Waals surface area contributed by atoms with E-state index < -0.39 is 0 Å². The van der Waals surface area contributed by atoms with Crippen molar-refractivity contribution in [3.8, 4) is 23.0 Å². The standard InChI is InChI=1S/C24H30O4S2/c1-3-6-18-20-22(28-14-12-26-20)24(30-18)17-9-4-7-16(8-5-10-17)23-21-19(15(2)29-23)25-11-13-27-21/h3,6,16-17H,4-5,7-14H2,1-2H3/b6-3+. The van der Waals surface area contributed by atoms with Gasteiger partial charge in [-0.05, 0) is 57.4 Å². The van der Waals surface area contributed by atoms with Crippen molar-refractivity contribution in [1.29, 1.82) is 0 Å². The van der Waals surface area contributed by atoms with Crippen LogP contribution in [0.1, 0.15) is 76.8 Å². The van der Waals surface area contributed by atoms with Gasteiger partial charge in [-0.25, -0.2) is 0 Å². The Kier molecular flexibility index (Phi) is 5.96. The summed E-state index contributed by atoms with van der Waals surface area (Å²) < 4.78 is 24.0. The van der Waals surface area contributed by atoms with Gasteiger partial charge in [-0.3, -0.25) is 0 Å². The van der Waals surface area contributed by atoms with Gasteiger partial charge in [-0.15, -0.1) is 22.7 Å². The first-order valence-electron chi connectivity index (χ1n) is 11.2. The van der Waals surface area contributed by atoms with Gasteiger partial charge in [0.25, 0.3) is 0 Å². The highest BCUT2D eigenvalue weighted by Crippen LogP contribution is 2.53. The predicted molar refractivity (Wildman–Crippen MR) is 123 cm³/mol. The van der Waals surface area contributed by atoms with Crippen LogP contribution in [0.2, 0.25) is 0 Å². The maximum atomic E-state index is 6.09. The Morgan fingerprint density at radius 3 is 1.80 bits per heavy atom. The first kappa shape index (κ1) is 20.3. The topological polar surface area (TPSA) is 36.9 Å². The molecule has 0 radical (unpaired) electrons. The number of aryl methyl sites for hydroxylation is 1. The molecule has 30 heavy (non-hydrogen) atoms. The highest BCUT2D eigenvalue weighted by atomic mass is 32.1. The molecular formula is C24H30O4S2. The molecule has 4 nitrogen and oxygen atoms in total. The van der Waals surface area contributed by atoms with Crippen molar-refractivity contribution in [1.82, 2.24) is 0 Å². The number of ether oxygens (including phenoxy) is 4. The van der Waals surface area contributed by atoms with Crippen molar-refractivity contribution in [2.24, 2.45) is 0 Å². The second-order valence-electron chi connectivity index (χ2n) is 8.32. The van der Waals surface area contributed by atoms with Gasteiger partial charge in [0.15, 0.2) is 23.0 Å². The first-order chi connectivity index (χ1) is 14.8. The van der Waals surface area contributed by atoms with Crippen molar-refractivity contribution in [2.75, 3.05) is 26.4 Å². The van der Waals surface area contributed by atoms with Crippen LogP contribution in [0.3, 0.4) is 0 Å². The molecule has 0 aromatic carbocycles. The molecule has 2 aliphatic heterocycles. The van der Waals surface area contributed by atoms with Crippen LogP contribution in [-0.2, 0) is 0 Å². The van der Waals surface area contributed by atoms with Gasteiger partial charge in [0.05, 0.1) is 14.6 Å². The van der Waals surface area contributed by atoms with Gasteiger partial charge in [0.2, 0.25) is 0 Å². The predicted octanol–water partition coefficient (Wildman–Crippen LogP) is 6.92. The second-order valence-corrected chi connectivity index (χ2v) is 10.7. The smallest absolute Gasteiger partial charge is 0.179 e. The lowest BCUT2D eigenvalue weighted by Crippen LogP contribution is -2.17. The summed E-state index contributed by atoms with van der Waals surface area (Å²) in [5.74, 6) is 5.20. The summed E-state index contributed by atoms with van der Waals surface area (Å²) in [6.07, 6.45) is 11.6. The zero-order chi connectivity index (χ0) is 20.5. The lowest BCUT2D eigenvalue weighted by Gasteiger charge is -2.26. The minimum Gasteiger partial charge on any atom is -0.485 e. The molecule has 0 atom stereocenters. The van der Waals surface area contributed by atoms with Crippen molar-refractivity contribution in [3.63, 3.8) is 0 Å². The van der Waals surface area contributed by atoms with Crippen LogP contribution >= 0.6 is 22.7 Å². The van der Waals surface area contributed by atoms with Gasteiger partial charge >= 0.3 is 0 Å². The maximum absolute atomic E-state index is 6.09. The molecule has 0 bridgehead atoms. The van der Waals surface area contributed by atoms with Crippen LogP contribution in [-0.4, -0.2) is 26.4 Å². The van der Waals surface area contributed by atoms with E-state index in [4.69, 9.17) is 18.9 Å². The van der Waals surface area contributed by atoms with E-state index in [2.05, 4.69) is 26.0 Å². The van der Waals surface area contributed by atoms with Crippen molar-refractivity contribution < 1.29 is 18.9 Å². The molecule has 1 fully saturated rings. The average Bonchev–Trinajstić information content (AvgIpc) is 3.27. The number of hydrogen-bond acceptors (Lipinski definition) is 6.